The zero-order chi connectivity index (χ0) is 17.8. The third-order valence-corrected chi connectivity index (χ3v) is 3.83. The van der Waals surface area contributed by atoms with Crippen LogP contribution in [-0.4, -0.2) is 30.3 Å². The van der Waals surface area contributed by atoms with Crippen LogP contribution in [0, 0.1) is 11.6 Å². The Morgan fingerprint density at radius 1 is 1.28 bits per heavy atom. The first-order valence-electron chi connectivity index (χ1n) is 7.87. The lowest BCUT2D eigenvalue weighted by Crippen LogP contribution is -2.16. The summed E-state index contributed by atoms with van der Waals surface area (Å²) >= 11 is 0. The van der Waals surface area contributed by atoms with E-state index in [0.717, 1.165) is 19.4 Å². The number of hydrogen-bond donors (Lipinski definition) is 2. The van der Waals surface area contributed by atoms with Crippen LogP contribution in [0.25, 0.3) is 0 Å². The van der Waals surface area contributed by atoms with Crippen LogP contribution in [0.5, 0.6) is 11.5 Å². The lowest BCUT2D eigenvalue weighted by molar-refractivity contribution is 0.0679. The number of ether oxygens (including phenoxy) is 2. The highest BCUT2D eigenvalue weighted by atomic mass is 19.1. The first-order chi connectivity index (χ1) is 12.0. The second kappa shape index (κ2) is 7.48. The maximum atomic E-state index is 13.7. The van der Waals surface area contributed by atoms with Crippen LogP contribution in [0.15, 0.2) is 36.4 Å². The third-order valence-electron chi connectivity index (χ3n) is 3.83. The number of carbonyl (C=O) groups excluding carboxylic acids is 1. The van der Waals surface area contributed by atoms with E-state index in [-0.39, 0.29) is 6.10 Å². The summed E-state index contributed by atoms with van der Waals surface area (Å²) in [6, 6.07) is 7.70. The third kappa shape index (κ3) is 4.24. The summed E-state index contributed by atoms with van der Waals surface area (Å²) in [6.45, 7) is 1.21. The number of anilines is 1. The van der Waals surface area contributed by atoms with E-state index in [1.807, 2.05) is 0 Å². The molecule has 3 rings (SSSR count). The maximum Gasteiger partial charge on any atom is 0.262 e. The Kier molecular flexibility index (Phi) is 5.14. The van der Waals surface area contributed by atoms with Gasteiger partial charge in [0, 0.05) is 24.4 Å². The molecule has 0 aromatic heterocycles. The summed E-state index contributed by atoms with van der Waals surface area (Å²) in [7, 11) is 0. The average Bonchev–Trinajstić information content (AvgIpc) is 3.06. The predicted octanol–water partition coefficient (Wildman–Crippen LogP) is 3.48. The number of amides is 1. The van der Waals surface area contributed by atoms with E-state index < -0.39 is 28.9 Å². The van der Waals surface area contributed by atoms with E-state index in [2.05, 4.69) is 5.32 Å². The van der Waals surface area contributed by atoms with Gasteiger partial charge in [0.05, 0.1) is 6.10 Å². The molecule has 25 heavy (non-hydrogen) atoms. The van der Waals surface area contributed by atoms with Crippen LogP contribution in [0.3, 0.4) is 0 Å². The molecule has 0 radical (unpaired) electrons. The van der Waals surface area contributed by atoms with Gasteiger partial charge in [0.2, 0.25) is 0 Å². The van der Waals surface area contributed by atoms with Crippen molar-refractivity contribution in [3.63, 3.8) is 0 Å². The normalized spacial score (nSPS) is 16.6. The van der Waals surface area contributed by atoms with Gasteiger partial charge in [-0.25, -0.2) is 8.78 Å². The fourth-order valence-corrected chi connectivity index (χ4v) is 2.58. The second-order valence-corrected chi connectivity index (χ2v) is 5.71. The topological polar surface area (TPSA) is 67.8 Å². The van der Waals surface area contributed by atoms with Crippen molar-refractivity contribution in [2.45, 2.75) is 18.9 Å². The van der Waals surface area contributed by atoms with E-state index in [1.54, 1.807) is 24.3 Å². The van der Waals surface area contributed by atoms with Crippen molar-refractivity contribution in [3.05, 3.63) is 53.6 Å². The van der Waals surface area contributed by atoms with E-state index in [4.69, 9.17) is 9.47 Å². The van der Waals surface area contributed by atoms with Gasteiger partial charge in [-0.3, -0.25) is 4.79 Å². The number of carbonyl (C=O) groups is 1. The first kappa shape index (κ1) is 17.2. The molecule has 0 unspecified atom stereocenters. The lowest BCUT2D eigenvalue weighted by atomic mass is 10.1. The van der Waals surface area contributed by atoms with E-state index in [1.165, 1.54) is 0 Å². The minimum Gasteiger partial charge on any atom is -0.507 e. The fraction of sp³-hybridized carbons (Fsp3) is 0.278. The molecular weight excluding hydrogens is 332 g/mol. The molecule has 0 bridgehead atoms. The van der Waals surface area contributed by atoms with Crippen molar-refractivity contribution in [2.75, 3.05) is 18.5 Å². The molecule has 0 saturated carbocycles. The molecule has 1 heterocycles. The highest BCUT2D eigenvalue weighted by Gasteiger charge is 2.19. The smallest absolute Gasteiger partial charge is 0.262 e. The molecule has 0 aliphatic carbocycles. The number of hydrogen-bond acceptors (Lipinski definition) is 4. The van der Waals surface area contributed by atoms with Gasteiger partial charge in [0.15, 0.2) is 0 Å². The van der Waals surface area contributed by atoms with E-state index >= 15 is 0 Å². The van der Waals surface area contributed by atoms with Crippen molar-refractivity contribution >= 4 is 11.6 Å². The summed E-state index contributed by atoms with van der Waals surface area (Å²) < 4.78 is 37.7. The lowest BCUT2D eigenvalue weighted by Gasteiger charge is -2.12. The molecular formula is C18H17F2NO4. The number of halogens is 2. The quantitative estimate of drug-likeness (QED) is 0.867. The van der Waals surface area contributed by atoms with Crippen LogP contribution in [0.4, 0.5) is 14.5 Å². The molecule has 1 aliphatic rings. The van der Waals surface area contributed by atoms with Crippen LogP contribution in [-0.2, 0) is 4.74 Å². The van der Waals surface area contributed by atoms with E-state index in [0.29, 0.717) is 30.2 Å². The highest BCUT2D eigenvalue weighted by Crippen LogP contribution is 2.24. The van der Waals surface area contributed by atoms with Gasteiger partial charge in [-0.05, 0) is 37.1 Å². The van der Waals surface area contributed by atoms with Crippen molar-refractivity contribution in [2.24, 2.45) is 0 Å². The minimum absolute atomic E-state index is 0.101. The summed E-state index contributed by atoms with van der Waals surface area (Å²) in [5.74, 6) is -3.11. The zero-order valence-corrected chi connectivity index (χ0v) is 13.3. The number of nitrogens with one attached hydrogen (secondary N) is 1. The Balaban J connectivity index is 1.62. The molecule has 0 spiro atoms. The Labute approximate surface area is 143 Å². The van der Waals surface area contributed by atoms with Gasteiger partial charge in [-0.15, -0.1) is 0 Å². The fourth-order valence-electron chi connectivity index (χ4n) is 2.58. The Morgan fingerprint density at radius 2 is 2.04 bits per heavy atom. The van der Waals surface area contributed by atoms with E-state index in [9.17, 15) is 18.7 Å². The Morgan fingerprint density at radius 3 is 2.68 bits per heavy atom. The van der Waals surface area contributed by atoms with Crippen molar-refractivity contribution in [3.8, 4) is 11.5 Å². The van der Waals surface area contributed by atoms with Crippen LogP contribution in [0.2, 0.25) is 0 Å². The number of rotatable bonds is 5. The summed E-state index contributed by atoms with van der Waals surface area (Å²) in [6.07, 6.45) is 2.11. The SMILES string of the molecule is O=C(Nc1ccc(OC[C@@H]2CCCO2)cc1)c1c(O)cc(F)cc1F. The molecule has 2 N–H and O–H groups in total. The molecule has 132 valence electrons. The Bertz CT molecular complexity index is 735. The predicted molar refractivity (Wildman–Crippen MR) is 86.9 cm³/mol. The molecule has 2 aromatic carbocycles. The zero-order valence-electron chi connectivity index (χ0n) is 13.3. The number of phenolic OH excluding ortho intramolecular Hbond substituents is 1. The van der Waals surface area contributed by atoms with Gasteiger partial charge in [-0.1, -0.05) is 0 Å². The van der Waals surface area contributed by atoms with Gasteiger partial charge in [-0.2, -0.15) is 0 Å². The van der Waals surface area contributed by atoms with Gasteiger partial charge in [0.25, 0.3) is 5.91 Å². The molecule has 5 nitrogen and oxygen atoms in total. The standard InChI is InChI=1S/C18H17F2NO4/c19-11-8-15(20)17(16(22)9-11)18(23)21-12-3-5-13(6-4-12)25-10-14-2-1-7-24-14/h3-6,8-9,14,22H,1-2,7,10H2,(H,21,23)/t14-/m0/s1. The molecule has 1 aliphatic heterocycles. The number of aromatic hydroxyl groups is 1. The summed E-state index contributed by atoms with van der Waals surface area (Å²) in [4.78, 5) is 12.1. The molecule has 1 amide bonds. The van der Waals surface area contributed by atoms with Crippen LogP contribution in [0.1, 0.15) is 23.2 Å². The van der Waals surface area contributed by atoms with Gasteiger partial charge < -0.3 is 19.9 Å². The molecule has 1 fully saturated rings. The maximum absolute atomic E-state index is 13.7. The van der Waals surface area contributed by atoms with Gasteiger partial charge >= 0.3 is 0 Å². The number of phenols is 1. The summed E-state index contributed by atoms with van der Waals surface area (Å²) in [5.41, 5.74) is -0.224. The number of benzene rings is 2. The molecule has 7 heteroatoms. The second-order valence-electron chi connectivity index (χ2n) is 5.71. The molecule has 1 saturated heterocycles. The average molecular weight is 349 g/mol. The first-order valence-corrected chi connectivity index (χ1v) is 7.87. The minimum atomic E-state index is -1.13. The monoisotopic (exact) mass is 349 g/mol. The summed E-state index contributed by atoms with van der Waals surface area (Å²) in [5, 5.41) is 12.0. The van der Waals surface area contributed by atoms with Crippen LogP contribution >= 0.6 is 0 Å². The van der Waals surface area contributed by atoms with Gasteiger partial charge in [0.1, 0.15) is 35.3 Å². The van der Waals surface area contributed by atoms with Crippen molar-refractivity contribution in [1.29, 1.82) is 0 Å². The van der Waals surface area contributed by atoms with Crippen molar-refractivity contribution < 1.29 is 28.2 Å². The highest BCUT2D eigenvalue weighted by molar-refractivity contribution is 6.06. The van der Waals surface area contributed by atoms with Crippen molar-refractivity contribution in [1.82, 2.24) is 0 Å². The molecule has 2 aromatic rings. The van der Waals surface area contributed by atoms with Crippen LogP contribution < -0.4 is 10.1 Å². The largest absolute Gasteiger partial charge is 0.507 e. The molecule has 1 atom stereocenters. The Hall–Kier alpha value is -2.67.